The number of thiocarbonyl (C=S) groups is 1. The van der Waals surface area contributed by atoms with Gasteiger partial charge in [0.05, 0.1) is 0 Å². The lowest BCUT2D eigenvalue weighted by Gasteiger charge is -2.26. The monoisotopic (exact) mass is 353 g/mol. The van der Waals surface area contributed by atoms with E-state index in [9.17, 15) is 9.59 Å². The molecule has 1 rings (SSSR count). The fraction of sp³-hybridized carbons (Fsp3) is 0.562. The molecule has 0 aliphatic rings. The lowest BCUT2D eigenvalue weighted by atomic mass is 10.3. The van der Waals surface area contributed by atoms with Gasteiger partial charge in [0.25, 0.3) is 5.56 Å². The molecule has 1 aromatic rings. The Morgan fingerprint density at radius 2 is 2.04 bits per heavy atom. The Morgan fingerprint density at radius 3 is 2.58 bits per heavy atom. The highest BCUT2D eigenvalue weighted by atomic mass is 32.1. The first-order valence-corrected chi connectivity index (χ1v) is 8.56. The number of anilines is 2. The first-order chi connectivity index (χ1) is 11.3. The van der Waals surface area contributed by atoms with Gasteiger partial charge < -0.3 is 16.0 Å². The molecule has 0 radical (unpaired) electrons. The number of nitrogens with one attached hydrogen (secondary N) is 2. The summed E-state index contributed by atoms with van der Waals surface area (Å²) in [5.74, 6) is 0.144. The van der Waals surface area contributed by atoms with Gasteiger partial charge in [0.15, 0.2) is 10.8 Å². The largest absolute Gasteiger partial charge is 0.383 e. The minimum Gasteiger partial charge on any atom is -0.383 e. The van der Waals surface area contributed by atoms with E-state index in [0.29, 0.717) is 24.7 Å². The SMILES string of the molecule is C=C(C)CNC(=S)N(CCC)c1c(N)n(CCCC)c(=O)[nH]c1=O. The summed E-state index contributed by atoms with van der Waals surface area (Å²) >= 11 is 5.40. The van der Waals surface area contributed by atoms with Crippen molar-refractivity contribution in [2.24, 2.45) is 0 Å². The molecular formula is C16H27N5O2S. The van der Waals surface area contributed by atoms with Crippen LogP contribution in [-0.4, -0.2) is 27.8 Å². The molecule has 7 nitrogen and oxygen atoms in total. The number of rotatable bonds is 8. The molecule has 1 heterocycles. The van der Waals surface area contributed by atoms with Crippen molar-refractivity contribution in [1.29, 1.82) is 0 Å². The number of nitrogens with two attached hydrogens (primary N) is 1. The lowest BCUT2D eigenvalue weighted by molar-refractivity contribution is 0.604. The van der Waals surface area contributed by atoms with Gasteiger partial charge in [0.1, 0.15) is 5.82 Å². The topological polar surface area (TPSA) is 96.2 Å². The van der Waals surface area contributed by atoms with Crippen LogP contribution >= 0.6 is 12.2 Å². The van der Waals surface area contributed by atoms with Gasteiger partial charge in [-0.25, -0.2) is 4.79 Å². The molecule has 0 saturated carbocycles. The van der Waals surface area contributed by atoms with Crippen molar-refractivity contribution in [2.45, 2.75) is 46.6 Å². The van der Waals surface area contributed by atoms with E-state index in [1.165, 1.54) is 4.57 Å². The molecule has 0 spiro atoms. The van der Waals surface area contributed by atoms with E-state index in [1.54, 1.807) is 4.90 Å². The van der Waals surface area contributed by atoms with Gasteiger partial charge in [-0.3, -0.25) is 14.3 Å². The summed E-state index contributed by atoms with van der Waals surface area (Å²) in [6, 6.07) is 0. The molecule has 8 heteroatoms. The fourth-order valence-electron chi connectivity index (χ4n) is 2.24. The zero-order valence-corrected chi connectivity index (χ0v) is 15.5. The molecule has 0 fully saturated rings. The molecule has 134 valence electrons. The zero-order valence-electron chi connectivity index (χ0n) is 14.6. The molecule has 1 aromatic heterocycles. The van der Waals surface area contributed by atoms with Gasteiger partial charge in [-0.05, 0) is 32.0 Å². The summed E-state index contributed by atoms with van der Waals surface area (Å²) in [6.07, 6.45) is 2.47. The Morgan fingerprint density at radius 1 is 1.38 bits per heavy atom. The number of aromatic amines is 1. The molecular weight excluding hydrogens is 326 g/mol. The van der Waals surface area contributed by atoms with Crippen molar-refractivity contribution in [3.8, 4) is 0 Å². The third-order valence-electron chi connectivity index (χ3n) is 3.45. The molecule has 24 heavy (non-hydrogen) atoms. The second-order valence-corrected chi connectivity index (χ2v) is 6.15. The average molecular weight is 353 g/mol. The van der Waals surface area contributed by atoms with E-state index < -0.39 is 11.2 Å². The van der Waals surface area contributed by atoms with Gasteiger partial charge >= 0.3 is 5.69 Å². The van der Waals surface area contributed by atoms with Crippen LogP contribution < -0.4 is 27.2 Å². The van der Waals surface area contributed by atoms with Crippen LogP contribution in [0.5, 0.6) is 0 Å². The summed E-state index contributed by atoms with van der Waals surface area (Å²) in [4.78, 5) is 28.4. The van der Waals surface area contributed by atoms with Gasteiger partial charge in [-0.2, -0.15) is 0 Å². The molecule has 4 N–H and O–H groups in total. The molecule has 0 aliphatic heterocycles. The Hall–Kier alpha value is -2.09. The third-order valence-corrected chi connectivity index (χ3v) is 3.82. The van der Waals surface area contributed by atoms with Crippen LogP contribution in [0.15, 0.2) is 21.7 Å². The van der Waals surface area contributed by atoms with Crippen molar-refractivity contribution < 1.29 is 0 Å². The molecule has 0 amide bonds. The van der Waals surface area contributed by atoms with E-state index >= 15 is 0 Å². The Labute approximate surface area is 147 Å². The van der Waals surface area contributed by atoms with Crippen LogP contribution in [0.4, 0.5) is 11.5 Å². The number of nitrogen functional groups attached to an aromatic ring is 1. The number of nitrogens with zero attached hydrogens (tertiary/aromatic N) is 2. The number of hydrogen-bond acceptors (Lipinski definition) is 4. The summed E-state index contributed by atoms with van der Waals surface area (Å²) in [5, 5.41) is 3.45. The lowest BCUT2D eigenvalue weighted by Crippen LogP contribution is -2.46. The second-order valence-electron chi connectivity index (χ2n) is 5.77. The van der Waals surface area contributed by atoms with Crippen molar-refractivity contribution in [1.82, 2.24) is 14.9 Å². The smallest absolute Gasteiger partial charge is 0.330 e. The molecule has 0 aliphatic carbocycles. The van der Waals surface area contributed by atoms with E-state index in [-0.39, 0.29) is 11.5 Å². The van der Waals surface area contributed by atoms with Crippen LogP contribution in [-0.2, 0) is 6.54 Å². The number of H-pyrrole nitrogens is 1. The Bertz CT molecular complexity index is 707. The van der Waals surface area contributed by atoms with Crippen LogP contribution in [0.3, 0.4) is 0 Å². The van der Waals surface area contributed by atoms with Gasteiger partial charge in [0.2, 0.25) is 0 Å². The number of unbranched alkanes of at least 4 members (excludes halogenated alkanes) is 1. The summed E-state index contributed by atoms with van der Waals surface area (Å²) < 4.78 is 1.39. The summed E-state index contributed by atoms with van der Waals surface area (Å²) in [6.45, 7) is 11.2. The van der Waals surface area contributed by atoms with E-state index in [0.717, 1.165) is 24.8 Å². The molecule has 0 atom stereocenters. The van der Waals surface area contributed by atoms with Crippen LogP contribution in [0, 0.1) is 0 Å². The van der Waals surface area contributed by atoms with Gasteiger partial charge in [-0.15, -0.1) is 0 Å². The van der Waals surface area contributed by atoms with Crippen LogP contribution in [0.2, 0.25) is 0 Å². The Balaban J connectivity index is 3.31. The molecule has 0 bridgehead atoms. The number of hydrogen-bond donors (Lipinski definition) is 3. The van der Waals surface area contributed by atoms with Gasteiger partial charge in [0, 0.05) is 19.6 Å². The maximum absolute atomic E-state index is 12.4. The quantitative estimate of drug-likeness (QED) is 0.485. The highest BCUT2D eigenvalue weighted by Crippen LogP contribution is 2.17. The predicted molar refractivity (Wildman–Crippen MR) is 104 cm³/mol. The maximum Gasteiger partial charge on any atom is 0.330 e. The summed E-state index contributed by atoms with van der Waals surface area (Å²) in [7, 11) is 0. The predicted octanol–water partition coefficient (Wildman–Crippen LogP) is 1.59. The van der Waals surface area contributed by atoms with Crippen LogP contribution in [0.25, 0.3) is 0 Å². The third kappa shape index (κ3) is 4.95. The highest BCUT2D eigenvalue weighted by Gasteiger charge is 2.21. The molecule has 0 aromatic carbocycles. The highest BCUT2D eigenvalue weighted by molar-refractivity contribution is 7.80. The number of aromatic nitrogens is 2. The van der Waals surface area contributed by atoms with Crippen molar-refractivity contribution >= 4 is 28.8 Å². The van der Waals surface area contributed by atoms with E-state index in [2.05, 4.69) is 16.9 Å². The van der Waals surface area contributed by atoms with Crippen LogP contribution in [0.1, 0.15) is 40.0 Å². The maximum atomic E-state index is 12.4. The Kier molecular flexibility index (Phi) is 7.70. The molecule has 0 unspecified atom stereocenters. The molecule has 0 saturated heterocycles. The normalized spacial score (nSPS) is 10.5. The zero-order chi connectivity index (χ0) is 18.3. The van der Waals surface area contributed by atoms with E-state index in [1.807, 2.05) is 20.8 Å². The minimum atomic E-state index is -0.529. The average Bonchev–Trinajstić information content (AvgIpc) is 2.51. The first kappa shape index (κ1) is 20.0. The first-order valence-electron chi connectivity index (χ1n) is 8.15. The summed E-state index contributed by atoms with van der Waals surface area (Å²) in [5.41, 5.74) is 6.26. The standard InChI is InChI=1S/C16H27N5O2S/c1-5-7-9-21-13(17)12(14(22)19-15(21)23)20(8-6-2)16(24)18-10-11(3)4/h3,5-10,17H2,1-2,4H3,(H,18,24)(H,19,22,23). The minimum absolute atomic E-state index is 0.144. The fourth-order valence-corrected chi connectivity index (χ4v) is 2.49. The van der Waals surface area contributed by atoms with E-state index in [4.69, 9.17) is 18.0 Å². The van der Waals surface area contributed by atoms with Crippen molar-refractivity contribution in [2.75, 3.05) is 23.7 Å². The van der Waals surface area contributed by atoms with Crippen molar-refractivity contribution in [3.05, 3.63) is 33.0 Å². The van der Waals surface area contributed by atoms with Crippen molar-refractivity contribution in [3.63, 3.8) is 0 Å². The second kappa shape index (κ2) is 9.27. The van der Waals surface area contributed by atoms with Gasteiger partial charge in [-0.1, -0.05) is 32.4 Å².